The minimum Gasteiger partial charge on any atom is -0.496 e. The van der Waals surface area contributed by atoms with Crippen LogP contribution in [0.2, 0.25) is 0 Å². The third-order valence-electron chi connectivity index (χ3n) is 4.83. The number of nitrogens with one attached hydrogen (secondary N) is 1. The highest BCUT2D eigenvalue weighted by Gasteiger charge is 2.22. The molecule has 0 unspecified atom stereocenters. The van der Waals surface area contributed by atoms with Gasteiger partial charge in [0.05, 0.1) is 26.1 Å². The van der Waals surface area contributed by atoms with E-state index in [-0.39, 0.29) is 5.91 Å². The number of piperidine rings is 1. The Balaban J connectivity index is 1.55. The second-order valence-corrected chi connectivity index (χ2v) is 6.39. The zero-order chi connectivity index (χ0) is 18.4. The highest BCUT2D eigenvalue weighted by molar-refractivity contribution is 5.99. The first kappa shape index (κ1) is 18.0. The predicted octanol–water partition coefficient (Wildman–Crippen LogP) is 2.75. The van der Waals surface area contributed by atoms with Crippen LogP contribution in [0.5, 0.6) is 11.5 Å². The molecule has 0 radical (unpaired) electrons. The maximum atomic E-state index is 12.6. The molecule has 1 fully saturated rings. The lowest BCUT2D eigenvalue weighted by Gasteiger charge is -2.33. The maximum Gasteiger partial charge on any atom is 0.258 e. The maximum absolute atomic E-state index is 12.6. The lowest BCUT2D eigenvalue weighted by molar-refractivity contribution is 0.0938. The average molecular weight is 355 g/mol. The fourth-order valence-electron chi connectivity index (χ4n) is 3.34. The van der Waals surface area contributed by atoms with E-state index >= 15 is 0 Å². The van der Waals surface area contributed by atoms with Crippen LogP contribution in [-0.4, -0.2) is 44.7 Å². The van der Waals surface area contributed by atoms with Crippen LogP contribution in [0, 0.1) is 5.92 Å². The summed E-state index contributed by atoms with van der Waals surface area (Å²) in [4.78, 5) is 19.2. The Morgan fingerprint density at radius 2 is 1.85 bits per heavy atom. The third kappa shape index (κ3) is 4.07. The number of ether oxygens (including phenoxy) is 2. The first-order valence-corrected chi connectivity index (χ1v) is 8.87. The quantitative estimate of drug-likeness (QED) is 0.863. The van der Waals surface area contributed by atoms with E-state index in [0.717, 1.165) is 31.6 Å². The van der Waals surface area contributed by atoms with Crippen LogP contribution in [-0.2, 0) is 0 Å². The van der Waals surface area contributed by atoms with Crippen molar-refractivity contribution in [3.05, 3.63) is 48.3 Å². The second kappa shape index (κ2) is 8.56. The van der Waals surface area contributed by atoms with Gasteiger partial charge >= 0.3 is 0 Å². The van der Waals surface area contributed by atoms with Crippen molar-refractivity contribution in [3.8, 4) is 11.5 Å². The summed E-state index contributed by atoms with van der Waals surface area (Å²) < 4.78 is 10.6. The summed E-state index contributed by atoms with van der Waals surface area (Å²) in [5.41, 5.74) is 1.61. The van der Waals surface area contributed by atoms with E-state index in [2.05, 4.69) is 21.3 Å². The van der Waals surface area contributed by atoms with Crippen molar-refractivity contribution in [1.82, 2.24) is 10.3 Å². The van der Waals surface area contributed by atoms with E-state index in [1.807, 2.05) is 18.3 Å². The number of hydrogen-bond donors (Lipinski definition) is 1. The molecule has 0 aliphatic carbocycles. The fraction of sp³-hybridized carbons (Fsp3) is 0.400. The standard InChI is InChI=1S/C20H25N3O3/c1-25-17-6-3-7-18(26-2)19(17)20(24)22-13-15-8-11-23(12-9-15)16-5-4-10-21-14-16/h3-7,10,14-15H,8-9,11-13H2,1-2H3,(H,22,24). The van der Waals surface area contributed by atoms with Crippen LogP contribution in [0.15, 0.2) is 42.7 Å². The van der Waals surface area contributed by atoms with Crippen molar-refractivity contribution in [3.63, 3.8) is 0 Å². The number of carbonyl (C=O) groups excluding carboxylic acids is 1. The number of rotatable bonds is 6. The van der Waals surface area contributed by atoms with Crippen LogP contribution < -0.4 is 19.7 Å². The van der Waals surface area contributed by atoms with Crippen molar-refractivity contribution in [2.24, 2.45) is 5.92 Å². The van der Waals surface area contributed by atoms with Crippen molar-refractivity contribution < 1.29 is 14.3 Å². The number of methoxy groups -OCH3 is 2. The molecule has 1 aliphatic heterocycles. The summed E-state index contributed by atoms with van der Waals surface area (Å²) in [5, 5.41) is 3.04. The Kier molecular flexibility index (Phi) is 5.94. The Morgan fingerprint density at radius 1 is 1.15 bits per heavy atom. The molecule has 6 nitrogen and oxygen atoms in total. The molecule has 3 rings (SSSR count). The van der Waals surface area contributed by atoms with Gasteiger partial charge in [0.25, 0.3) is 5.91 Å². The Hall–Kier alpha value is -2.76. The molecule has 0 atom stereocenters. The van der Waals surface area contributed by atoms with Gasteiger partial charge in [0.2, 0.25) is 0 Å². The minimum atomic E-state index is -0.158. The van der Waals surface area contributed by atoms with Gasteiger partial charge < -0.3 is 19.7 Å². The van der Waals surface area contributed by atoms with Crippen molar-refractivity contribution in [2.45, 2.75) is 12.8 Å². The number of aromatic nitrogens is 1. The number of anilines is 1. The molecule has 1 aromatic heterocycles. The van der Waals surface area contributed by atoms with Gasteiger partial charge in [-0.15, -0.1) is 0 Å². The average Bonchev–Trinajstić information content (AvgIpc) is 2.72. The number of amides is 1. The first-order chi connectivity index (χ1) is 12.7. The zero-order valence-corrected chi connectivity index (χ0v) is 15.3. The molecule has 1 aromatic carbocycles. The lowest BCUT2D eigenvalue weighted by atomic mass is 9.96. The molecular formula is C20H25N3O3. The highest BCUT2D eigenvalue weighted by Crippen LogP contribution is 2.28. The van der Waals surface area contributed by atoms with Crippen LogP contribution >= 0.6 is 0 Å². The second-order valence-electron chi connectivity index (χ2n) is 6.39. The summed E-state index contributed by atoms with van der Waals surface area (Å²) in [6, 6.07) is 9.39. The van der Waals surface area contributed by atoms with Gasteiger partial charge in [0.1, 0.15) is 17.1 Å². The van der Waals surface area contributed by atoms with Crippen LogP contribution in [0.4, 0.5) is 5.69 Å². The van der Waals surface area contributed by atoms with Gasteiger partial charge in [-0.1, -0.05) is 6.07 Å². The molecular weight excluding hydrogens is 330 g/mol. The molecule has 26 heavy (non-hydrogen) atoms. The number of nitrogens with zero attached hydrogens (tertiary/aromatic N) is 2. The van der Waals surface area contributed by atoms with Crippen LogP contribution in [0.3, 0.4) is 0 Å². The van der Waals surface area contributed by atoms with Crippen molar-refractivity contribution in [2.75, 3.05) is 38.8 Å². The summed E-state index contributed by atoms with van der Waals surface area (Å²) in [7, 11) is 3.11. The van der Waals surface area contributed by atoms with E-state index in [1.54, 1.807) is 32.5 Å². The van der Waals surface area contributed by atoms with Crippen molar-refractivity contribution >= 4 is 11.6 Å². The summed E-state index contributed by atoms with van der Waals surface area (Å²) >= 11 is 0. The van der Waals surface area contributed by atoms with E-state index in [9.17, 15) is 4.79 Å². The van der Waals surface area contributed by atoms with Gasteiger partial charge in [0.15, 0.2) is 0 Å². The lowest BCUT2D eigenvalue weighted by Crippen LogP contribution is -2.38. The largest absolute Gasteiger partial charge is 0.496 e. The number of hydrogen-bond acceptors (Lipinski definition) is 5. The molecule has 0 saturated carbocycles. The zero-order valence-electron chi connectivity index (χ0n) is 15.3. The molecule has 0 spiro atoms. The van der Waals surface area contributed by atoms with Gasteiger partial charge in [0, 0.05) is 25.8 Å². The molecule has 1 saturated heterocycles. The Morgan fingerprint density at radius 3 is 2.42 bits per heavy atom. The first-order valence-electron chi connectivity index (χ1n) is 8.87. The molecule has 138 valence electrons. The van der Waals surface area contributed by atoms with E-state index in [1.165, 1.54) is 0 Å². The molecule has 2 heterocycles. The van der Waals surface area contributed by atoms with Gasteiger partial charge in [-0.25, -0.2) is 0 Å². The molecule has 6 heteroatoms. The van der Waals surface area contributed by atoms with Gasteiger partial charge in [-0.2, -0.15) is 0 Å². The fourth-order valence-corrected chi connectivity index (χ4v) is 3.34. The Labute approximate surface area is 154 Å². The summed E-state index contributed by atoms with van der Waals surface area (Å²) in [6.45, 7) is 2.61. The van der Waals surface area contributed by atoms with Gasteiger partial charge in [-0.3, -0.25) is 9.78 Å². The monoisotopic (exact) mass is 355 g/mol. The Bertz CT molecular complexity index is 706. The predicted molar refractivity (Wildman–Crippen MR) is 101 cm³/mol. The molecule has 1 amide bonds. The third-order valence-corrected chi connectivity index (χ3v) is 4.83. The number of benzene rings is 1. The van der Waals surface area contributed by atoms with E-state index < -0.39 is 0 Å². The van der Waals surface area contributed by atoms with Crippen LogP contribution in [0.25, 0.3) is 0 Å². The highest BCUT2D eigenvalue weighted by atomic mass is 16.5. The smallest absolute Gasteiger partial charge is 0.258 e. The minimum absolute atomic E-state index is 0.158. The summed E-state index contributed by atoms with van der Waals surface area (Å²) in [6.07, 6.45) is 5.77. The summed E-state index contributed by atoms with van der Waals surface area (Å²) in [5.74, 6) is 1.35. The van der Waals surface area contributed by atoms with E-state index in [0.29, 0.717) is 29.5 Å². The SMILES string of the molecule is COc1cccc(OC)c1C(=O)NCC1CCN(c2cccnc2)CC1. The van der Waals surface area contributed by atoms with Gasteiger partial charge in [-0.05, 0) is 43.0 Å². The number of carbonyl (C=O) groups is 1. The molecule has 2 aromatic rings. The normalized spacial score (nSPS) is 14.8. The topological polar surface area (TPSA) is 63.7 Å². The van der Waals surface area contributed by atoms with Crippen molar-refractivity contribution in [1.29, 1.82) is 0 Å². The van der Waals surface area contributed by atoms with E-state index in [4.69, 9.17) is 9.47 Å². The molecule has 1 aliphatic rings. The van der Waals surface area contributed by atoms with Crippen LogP contribution in [0.1, 0.15) is 23.2 Å². The molecule has 0 bridgehead atoms. The number of pyridine rings is 1. The molecule has 1 N–H and O–H groups in total.